The number of nitrogens with one attached hydrogen (secondary N) is 2. The van der Waals surface area contributed by atoms with Gasteiger partial charge in [-0.25, -0.2) is 4.79 Å². The van der Waals surface area contributed by atoms with E-state index in [-0.39, 0.29) is 18.6 Å². The van der Waals surface area contributed by atoms with Gasteiger partial charge in [-0.3, -0.25) is 4.90 Å². The Bertz CT molecular complexity index is 553. The van der Waals surface area contributed by atoms with E-state index in [1.54, 1.807) is 0 Å². The van der Waals surface area contributed by atoms with Crippen molar-refractivity contribution >= 4 is 6.03 Å². The topological polar surface area (TPSA) is 69.5 Å². The SMILES string of the molecule is Cn1cccc1[C@H](O)CNC(=O)N[C@@H]1CCCN(C2CCCCC2)C1. The maximum absolute atomic E-state index is 12.2. The molecule has 0 radical (unpaired) electrons. The quantitative estimate of drug-likeness (QED) is 0.764. The molecule has 140 valence electrons. The Morgan fingerprint density at radius 3 is 2.80 bits per heavy atom. The molecule has 2 heterocycles. The largest absolute Gasteiger partial charge is 0.385 e. The van der Waals surface area contributed by atoms with Crippen LogP contribution >= 0.6 is 0 Å². The monoisotopic (exact) mass is 348 g/mol. The third kappa shape index (κ3) is 4.98. The van der Waals surface area contributed by atoms with E-state index >= 15 is 0 Å². The number of carbonyl (C=O) groups is 1. The van der Waals surface area contributed by atoms with Crippen LogP contribution in [0.3, 0.4) is 0 Å². The summed E-state index contributed by atoms with van der Waals surface area (Å²) in [6, 6.07) is 4.50. The number of aliphatic hydroxyl groups is 1. The summed E-state index contributed by atoms with van der Waals surface area (Å²) >= 11 is 0. The van der Waals surface area contributed by atoms with Crippen LogP contribution in [0, 0.1) is 0 Å². The lowest BCUT2D eigenvalue weighted by Gasteiger charge is -2.40. The van der Waals surface area contributed by atoms with E-state index in [0.717, 1.165) is 31.6 Å². The average molecular weight is 348 g/mol. The summed E-state index contributed by atoms with van der Waals surface area (Å²) in [5, 5.41) is 16.1. The summed E-state index contributed by atoms with van der Waals surface area (Å²) in [7, 11) is 1.89. The molecule has 25 heavy (non-hydrogen) atoms. The summed E-state index contributed by atoms with van der Waals surface area (Å²) in [5.74, 6) is 0. The van der Waals surface area contributed by atoms with Gasteiger partial charge in [-0.1, -0.05) is 19.3 Å². The highest BCUT2D eigenvalue weighted by atomic mass is 16.3. The molecule has 3 N–H and O–H groups in total. The first-order valence-electron chi connectivity index (χ1n) is 9.71. The number of piperidine rings is 1. The number of rotatable bonds is 5. The highest BCUT2D eigenvalue weighted by Gasteiger charge is 2.27. The van der Waals surface area contributed by atoms with Crippen molar-refractivity contribution < 1.29 is 9.90 Å². The molecule has 0 aromatic carbocycles. The fraction of sp³-hybridized carbons (Fsp3) is 0.737. The summed E-state index contributed by atoms with van der Waals surface area (Å²) < 4.78 is 1.87. The van der Waals surface area contributed by atoms with Gasteiger partial charge in [0.25, 0.3) is 0 Å². The molecule has 0 unspecified atom stereocenters. The van der Waals surface area contributed by atoms with Crippen molar-refractivity contribution in [1.82, 2.24) is 20.1 Å². The van der Waals surface area contributed by atoms with E-state index in [9.17, 15) is 9.90 Å². The van der Waals surface area contributed by atoms with E-state index in [1.165, 1.54) is 32.1 Å². The molecule has 1 aromatic rings. The number of carbonyl (C=O) groups excluding carboxylic acids is 1. The predicted molar refractivity (Wildman–Crippen MR) is 98.4 cm³/mol. The molecule has 0 bridgehead atoms. The summed E-state index contributed by atoms with van der Waals surface area (Å²) in [6.45, 7) is 2.35. The molecule has 6 heteroatoms. The summed E-state index contributed by atoms with van der Waals surface area (Å²) in [4.78, 5) is 14.8. The zero-order chi connectivity index (χ0) is 17.6. The van der Waals surface area contributed by atoms with E-state index in [2.05, 4.69) is 15.5 Å². The van der Waals surface area contributed by atoms with E-state index < -0.39 is 6.10 Å². The highest BCUT2D eigenvalue weighted by Crippen LogP contribution is 2.25. The van der Waals surface area contributed by atoms with Crippen molar-refractivity contribution in [3.8, 4) is 0 Å². The minimum absolute atomic E-state index is 0.177. The van der Waals surface area contributed by atoms with E-state index in [1.807, 2.05) is 29.9 Å². The first-order valence-corrected chi connectivity index (χ1v) is 9.71. The fourth-order valence-corrected chi connectivity index (χ4v) is 4.25. The molecule has 6 nitrogen and oxygen atoms in total. The molecular formula is C19H32N4O2. The van der Waals surface area contributed by atoms with E-state index in [4.69, 9.17) is 0 Å². The van der Waals surface area contributed by atoms with Crippen molar-refractivity contribution in [1.29, 1.82) is 0 Å². The van der Waals surface area contributed by atoms with Crippen molar-refractivity contribution in [2.24, 2.45) is 7.05 Å². The lowest BCUT2D eigenvalue weighted by Crippen LogP contribution is -2.53. The summed E-state index contributed by atoms with van der Waals surface area (Å²) in [6.07, 6.45) is 10.1. The second kappa shape index (κ2) is 8.72. The van der Waals surface area contributed by atoms with Gasteiger partial charge in [0, 0.05) is 37.6 Å². The molecular weight excluding hydrogens is 316 g/mol. The smallest absolute Gasteiger partial charge is 0.315 e. The van der Waals surface area contributed by atoms with Gasteiger partial charge < -0.3 is 20.3 Å². The van der Waals surface area contributed by atoms with Crippen LogP contribution in [-0.2, 0) is 7.05 Å². The van der Waals surface area contributed by atoms with Crippen LogP contribution in [0.5, 0.6) is 0 Å². The second-order valence-electron chi connectivity index (χ2n) is 7.54. The van der Waals surface area contributed by atoms with E-state index in [0.29, 0.717) is 6.04 Å². The summed E-state index contributed by atoms with van der Waals surface area (Å²) in [5.41, 5.74) is 0.807. The normalized spacial score (nSPS) is 24.0. The number of urea groups is 1. The van der Waals surface area contributed by atoms with Gasteiger partial charge in [0.1, 0.15) is 6.10 Å². The molecule has 1 aliphatic heterocycles. The molecule has 2 amide bonds. The third-order valence-corrected chi connectivity index (χ3v) is 5.66. The van der Waals surface area contributed by atoms with Crippen LogP contribution in [0.2, 0.25) is 0 Å². The predicted octanol–water partition coefficient (Wildman–Crippen LogP) is 2.15. The Morgan fingerprint density at radius 1 is 1.28 bits per heavy atom. The number of hydrogen-bond donors (Lipinski definition) is 3. The molecule has 1 saturated heterocycles. The van der Waals surface area contributed by atoms with Crippen LogP contribution in [0.25, 0.3) is 0 Å². The average Bonchev–Trinajstić information content (AvgIpc) is 3.07. The number of aromatic nitrogens is 1. The molecule has 3 rings (SSSR count). The maximum atomic E-state index is 12.2. The van der Waals surface area contributed by atoms with Gasteiger partial charge in [0.15, 0.2) is 0 Å². The molecule has 0 spiro atoms. The van der Waals surface area contributed by atoms with Gasteiger partial charge in [0.05, 0.1) is 6.54 Å². The molecule has 1 aliphatic carbocycles. The van der Waals surface area contributed by atoms with Crippen LogP contribution in [-0.4, -0.2) is 52.3 Å². The minimum atomic E-state index is -0.684. The fourth-order valence-electron chi connectivity index (χ4n) is 4.25. The Labute approximate surface area is 150 Å². The van der Waals surface area contributed by atoms with Crippen molar-refractivity contribution in [3.05, 3.63) is 24.0 Å². The number of likely N-dealkylation sites (tertiary alicyclic amines) is 1. The van der Waals surface area contributed by atoms with Gasteiger partial charge in [0.2, 0.25) is 0 Å². The number of aryl methyl sites for hydroxylation is 1. The molecule has 2 aliphatic rings. The number of nitrogens with zero attached hydrogens (tertiary/aromatic N) is 2. The molecule has 1 saturated carbocycles. The van der Waals surface area contributed by atoms with Gasteiger partial charge in [-0.05, 0) is 44.4 Å². The van der Waals surface area contributed by atoms with Crippen LogP contribution in [0.15, 0.2) is 18.3 Å². The molecule has 2 fully saturated rings. The lowest BCUT2D eigenvalue weighted by molar-refractivity contribution is 0.111. The van der Waals surface area contributed by atoms with Gasteiger partial charge in [-0.15, -0.1) is 0 Å². The Hall–Kier alpha value is -1.53. The standard InChI is InChI=1S/C19H32N4O2/c1-22-11-6-10-17(22)18(24)13-20-19(25)21-15-7-5-12-23(14-15)16-8-3-2-4-9-16/h6,10-11,15-16,18,24H,2-5,7-9,12-14H2,1H3,(H2,20,21,25)/t15-,18-/m1/s1. The van der Waals surface area contributed by atoms with Crippen molar-refractivity contribution in [3.63, 3.8) is 0 Å². The zero-order valence-corrected chi connectivity index (χ0v) is 15.3. The highest BCUT2D eigenvalue weighted by molar-refractivity contribution is 5.74. The lowest BCUT2D eigenvalue weighted by atomic mass is 9.92. The zero-order valence-electron chi connectivity index (χ0n) is 15.3. The Balaban J connectivity index is 1.42. The van der Waals surface area contributed by atoms with Crippen LogP contribution in [0.1, 0.15) is 56.7 Å². The van der Waals surface area contributed by atoms with Crippen LogP contribution < -0.4 is 10.6 Å². The van der Waals surface area contributed by atoms with Crippen LogP contribution in [0.4, 0.5) is 4.79 Å². The number of hydrogen-bond acceptors (Lipinski definition) is 3. The van der Waals surface area contributed by atoms with Gasteiger partial charge in [-0.2, -0.15) is 0 Å². The molecule has 1 aromatic heterocycles. The number of aliphatic hydroxyl groups excluding tert-OH is 1. The van der Waals surface area contributed by atoms with Crippen molar-refractivity contribution in [2.75, 3.05) is 19.6 Å². The van der Waals surface area contributed by atoms with Gasteiger partial charge >= 0.3 is 6.03 Å². The maximum Gasteiger partial charge on any atom is 0.315 e. The first-order chi connectivity index (χ1) is 12.1. The number of amides is 2. The first kappa shape index (κ1) is 18.3. The third-order valence-electron chi connectivity index (χ3n) is 5.66. The minimum Gasteiger partial charge on any atom is -0.385 e. The Morgan fingerprint density at radius 2 is 2.08 bits per heavy atom. The molecule has 2 atom stereocenters. The van der Waals surface area contributed by atoms with Crippen molar-refractivity contribution in [2.45, 2.75) is 63.1 Å². The Kier molecular flexibility index (Phi) is 6.37. The second-order valence-corrected chi connectivity index (χ2v) is 7.54.